The van der Waals surface area contributed by atoms with Crippen LogP contribution in [0.2, 0.25) is 5.02 Å². The smallest absolute Gasteiger partial charge is 0.179 e. The molecule has 0 fully saturated rings. The summed E-state index contributed by atoms with van der Waals surface area (Å²) in [5.41, 5.74) is 6.21. The highest BCUT2D eigenvalue weighted by atomic mass is 35.5. The van der Waals surface area contributed by atoms with Crippen LogP contribution in [0, 0.1) is 0 Å². The molecular weight excluding hydrogens is 228 g/mol. The zero-order chi connectivity index (χ0) is 12.1. The lowest BCUT2D eigenvalue weighted by Crippen LogP contribution is -2.19. The molecular formula is C11H17ClN2O2. The molecule has 0 saturated carbocycles. The number of likely N-dealkylation sites (N-methyl/N-ethyl adjacent to an activating group) is 1. The molecule has 5 heteroatoms. The number of methoxy groups -OCH3 is 1. The lowest BCUT2D eigenvalue weighted by molar-refractivity contribution is 0.251. The van der Waals surface area contributed by atoms with E-state index in [9.17, 15) is 0 Å². The minimum absolute atomic E-state index is 0.468. The maximum Gasteiger partial charge on any atom is 0.179 e. The fourth-order valence-corrected chi connectivity index (χ4v) is 1.48. The van der Waals surface area contributed by atoms with Crippen molar-refractivity contribution in [2.45, 2.75) is 0 Å². The summed E-state index contributed by atoms with van der Waals surface area (Å²) in [6, 6.07) is 3.34. The molecule has 16 heavy (non-hydrogen) atoms. The number of nitrogen functional groups attached to an aromatic ring is 1. The summed E-state index contributed by atoms with van der Waals surface area (Å²) in [4.78, 5) is 2.03. The van der Waals surface area contributed by atoms with Crippen LogP contribution >= 0.6 is 11.6 Å². The molecule has 1 rings (SSSR count). The Labute approximate surface area is 101 Å². The van der Waals surface area contributed by atoms with Gasteiger partial charge in [-0.05, 0) is 20.2 Å². The Morgan fingerprint density at radius 2 is 2.06 bits per heavy atom. The van der Waals surface area contributed by atoms with E-state index in [-0.39, 0.29) is 0 Å². The normalized spacial score (nSPS) is 10.6. The highest BCUT2D eigenvalue weighted by molar-refractivity contribution is 6.32. The van der Waals surface area contributed by atoms with Crippen molar-refractivity contribution in [1.82, 2.24) is 4.90 Å². The van der Waals surface area contributed by atoms with Gasteiger partial charge in [0.25, 0.3) is 0 Å². The predicted molar refractivity (Wildman–Crippen MR) is 66.5 cm³/mol. The average Bonchev–Trinajstić information content (AvgIpc) is 2.20. The van der Waals surface area contributed by atoms with Crippen molar-refractivity contribution in [1.29, 1.82) is 0 Å². The number of hydrogen-bond acceptors (Lipinski definition) is 4. The van der Waals surface area contributed by atoms with Gasteiger partial charge in [0.2, 0.25) is 0 Å². The quantitative estimate of drug-likeness (QED) is 0.804. The zero-order valence-corrected chi connectivity index (χ0v) is 10.5. The van der Waals surface area contributed by atoms with Crippen LogP contribution in [0.25, 0.3) is 0 Å². The van der Waals surface area contributed by atoms with Crippen LogP contribution in [0.15, 0.2) is 12.1 Å². The number of benzene rings is 1. The molecule has 0 aromatic heterocycles. The fraction of sp³-hybridized carbons (Fsp3) is 0.455. The van der Waals surface area contributed by atoms with Crippen molar-refractivity contribution < 1.29 is 9.47 Å². The lowest BCUT2D eigenvalue weighted by atomic mass is 10.3. The van der Waals surface area contributed by atoms with Gasteiger partial charge >= 0.3 is 0 Å². The molecule has 0 aliphatic rings. The molecule has 0 amide bonds. The number of nitrogens with two attached hydrogens (primary N) is 1. The molecule has 0 heterocycles. The van der Waals surface area contributed by atoms with Crippen molar-refractivity contribution >= 4 is 17.3 Å². The van der Waals surface area contributed by atoms with Gasteiger partial charge in [-0.2, -0.15) is 0 Å². The van der Waals surface area contributed by atoms with E-state index in [1.54, 1.807) is 19.2 Å². The number of anilines is 1. The van der Waals surface area contributed by atoms with E-state index in [4.69, 9.17) is 26.8 Å². The van der Waals surface area contributed by atoms with Gasteiger partial charge in [0, 0.05) is 18.3 Å². The number of hydrogen-bond donors (Lipinski definition) is 1. The monoisotopic (exact) mass is 244 g/mol. The molecule has 0 spiro atoms. The van der Waals surface area contributed by atoms with Gasteiger partial charge in [-0.3, -0.25) is 0 Å². The summed E-state index contributed by atoms with van der Waals surface area (Å²) < 4.78 is 10.7. The first-order valence-electron chi connectivity index (χ1n) is 4.95. The molecule has 0 aliphatic heterocycles. The molecule has 0 radical (unpaired) electrons. The Hall–Kier alpha value is -1.13. The summed E-state index contributed by atoms with van der Waals surface area (Å²) in [7, 11) is 5.51. The summed E-state index contributed by atoms with van der Waals surface area (Å²) in [5.74, 6) is 1.10. The zero-order valence-electron chi connectivity index (χ0n) is 9.79. The Balaban J connectivity index is 2.77. The number of halogens is 1. The first-order valence-corrected chi connectivity index (χ1v) is 5.33. The maximum absolute atomic E-state index is 6.03. The SMILES string of the molecule is COc1cc(N)cc(Cl)c1OCCN(C)C. The standard InChI is InChI=1S/C11H17ClN2O2/c1-14(2)4-5-16-11-9(12)6-8(13)7-10(11)15-3/h6-7H,4-5,13H2,1-3H3. The van der Waals surface area contributed by atoms with Crippen molar-refractivity contribution in [3.8, 4) is 11.5 Å². The second-order valence-electron chi connectivity index (χ2n) is 3.69. The molecule has 0 aliphatic carbocycles. The number of nitrogens with zero attached hydrogens (tertiary/aromatic N) is 1. The molecule has 0 atom stereocenters. The van der Waals surface area contributed by atoms with Gasteiger partial charge in [-0.15, -0.1) is 0 Å². The maximum atomic E-state index is 6.03. The molecule has 1 aromatic rings. The highest BCUT2D eigenvalue weighted by Gasteiger charge is 2.10. The minimum Gasteiger partial charge on any atom is -0.493 e. The third-order valence-electron chi connectivity index (χ3n) is 2.04. The van der Waals surface area contributed by atoms with Gasteiger partial charge < -0.3 is 20.1 Å². The lowest BCUT2D eigenvalue weighted by Gasteiger charge is -2.15. The molecule has 0 bridgehead atoms. The molecule has 2 N–H and O–H groups in total. The van der Waals surface area contributed by atoms with E-state index in [0.29, 0.717) is 28.8 Å². The second-order valence-corrected chi connectivity index (χ2v) is 4.09. The molecule has 1 aromatic carbocycles. The number of rotatable bonds is 5. The van der Waals surface area contributed by atoms with E-state index in [2.05, 4.69) is 0 Å². The molecule has 90 valence electrons. The third-order valence-corrected chi connectivity index (χ3v) is 2.32. The first kappa shape index (κ1) is 12.9. The first-order chi connectivity index (χ1) is 7.54. The van der Waals surface area contributed by atoms with Crippen molar-refractivity contribution in [3.63, 3.8) is 0 Å². The van der Waals surface area contributed by atoms with Gasteiger partial charge in [-0.1, -0.05) is 11.6 Å². The van der Waals surface area contributed by atoms with Crippen LogP contribution in [-0.4, -0.2) is 39.3 Å². The van der Waals surface area contributed by atoms with Crippen LogP contribution < -0.4 is 15.2 Å². The van der Waals surface area contributed by atoms with Gasteiger partial charge in [0.15, 0.2) is 11.5 Å². The predicted octanol–water partition coefficient (Wildman–Crippen LogP) is 1.87. The third kappa shape index (κ3) is 3.47. The van der Waals surface area contributed by atoms with E-state index in [0.717, 1.165) is 6.54 Å². The molecule has 0 unspecified atom stereocenters. The van der Waals surface area contributed by atoms with Crippen LogP contribution in [0.1, 0.15) is 0 Å². The minimum atomic E-state index is 0.468. The summed E-state index contributed by atoms with van der Waals surface area (Å²) in [5, 5.41) is 0.468. The van der Waals surface area contributed by atoms with Gasteiger partial charge in [0.1, 0.15) is 6.61 Å². The Bertz CT molecular complexity index is 356. The molecule has 4 nitrogen and oxygen atoms in total. The van der Waals surface area contributed by atoms with Crippen molar-refractivity contribution in [2.75, 3.05) is 40.1 Å². The fourth-order valence-electron chi connectivity index (χ4n) is 1.21. The Morgan fingerprint density at radius 3 is 2.62 bits per heavy atom. The van der Waals surface area contributed by atoms with E-state index < -0.39 is 0 Å². The van der Waals surface area contributed by atoms with E-state index in [1.165, 1.54) is 0 Å². The van der Waals surface area contributed by atoms with Crippen LogP contribution in [-0.2, 0) is 0 Å². The average molecular weight is 245 g/mol. The van der Waals surface area contributed by atoms with Gasteiger partial charge in [-0.25, -0.2) is 0 Å². The van der Waals surface area contributed by atoms with Crippen LogP contribution in [0.4, 0.5) is 5.69 Å². The second kappa shape index (κ2) is 5.82. The summed E-state index contributed by atoms with van der Waals surface area (Å²) in [6.07, 6.45) is 0. The number of ether oxygens (including phenoxy) is 2. The summed E-state index contributed by atoms with van der Waals surface area (Å²) >= 11 is 6.03. The molecule has 0 saturated heterocycles. The Morgan fingerprint density at radius 1 is 1.38 bits per heavy atom. The van der Waals surface area contributed by atoms with E-state index in [1.807, 2.05) is 19.0 Å². The highest BCUT2D eigenvalue weighted by Crippen LogP contribution is 2.37. The van der Waals surface area contributed by atoms with E-state index >= 15 is 0 Å². The summed E-state index contributed by atoms with van der Waals surface area (Å²) in [6.45, 7) is 1.36. The topological polar surface area (TPSA) is 47.7 Å². The largest absolute Gasteiger partial charge is 0.493 e. The van der Waals surface area contributed by atoms with Crippen LogP contribution in [0.5, 0.6) is 11.5 Å². The van der Waals surface area contributed by atoms with Crippen molar-refractivity contribution in [3.05, 3.63) is 17.2 Å². The van der Waals surface area contributed by atoms with Gasteiger partial charge in [0.05, 0.1) is 12.1 Å². The van der Waals surface area contributed by atoms with Crippen molar-refractivity contribution in [2.24, 2.45) is 0 Å². The van der Waals surface area contributed by atoms with Crippen LogP contribution in [0.3, 0.4) is 0 Å². The Kier molecular flexibility index (Phi) is 4.71.